The second kappa shape index (κ2) is 2.16. The normalized spacial score (nSPS) is 15.3. The van der Waals surface area contributed by atoms with Crippen LogP contribution in [0, 0.1) is 6.92 Å². The Hall–Kier alpha value is -0.700. The van der Waals surface area contributed by atoms with Crippen molar-refractivity contribution >= 4 is 17.6 Å². The minimum absolute atomic E-state index is 0.913. The average molecular weight is 152 g/mol. The van der Waals surface area contributed by atoms with Gasteiger partial charge in [0.15, 0.2) is 0 Å². The highest BCUT2D eigenvalue weighted by Gasteiger charge is 2.08. The van der Waals surface area contributed by atoms with E-state index in [1.165, 1.54) is 10.6 Å². The number of hydrogen-bond donors (Lipinski definition) is 0. The lowest BCUT2D eigenvalue weighted by Crippen LogP contribution is -1.99. The highest BCUT2D eigenvalue weighted by molar-refractivity contribution is 7.13. The van der Waals surface area contributed by atoms with Gasteiger partial charge >= 0.3 is 0 Å². The van der Waals surface area contributed by atoms with E-state index in [2.05, 4.69) is 9.98 Å². The number of rotatable bonds is 0. The molecule has 0 spiro atoms. The van der Waals surface area contributed by atoms with Gasteiger partial charge < -0.3 is 0 Å². The SMILES string of the molecule is Cc1nc2c(s1)C=NCC2. The number of nitrogens with zero attached hydrogens (tertiary/aromatic N) is 2. The van der Waals surface area contributed by atoms with Crippen molar-refractivity contribution in [2.45, 2.75) is 13.3 Å². The number of aromatic nitrogens is 1. The van der Waals surface area contributed by atoms with Crippen LogP contribution in [-0.2, 0) is 6.42 Å². The molecule has 0 saturated carbocycles. The molecule has 52 valence electrons. The molecule has 10 heavy (non-hydrogen) atoms. The summed E-state index contributed by atoms with van der Waals surface area (Å²) in [5.74, 6) is 0. The highest BCUT2D eigenvalue weighted by atomic mass is 32.1. The molecule has 1 aromatic rings. The fraction of sp³-hybridized carbons (Fsp3) is 0.429. The van der Waals surface area contributed by atoms with Crippen molar-refractivity contribution in [3.05, 3.63) is 15.6 Å². The van der Waals surface area contributed by atoms with Crippen molar-refractivity contribution in [2.24, 2.45) is 4.99 Å². The van der Waals surface area contributed by atoms with Crippen LogP contribution in [0.1, 0.15) is 15.6 Å². The summed E-state index contributed by atoms with van der Waals surface area (Å²) < 4.78 is 0. The Kier molecular flexibility index (Phi) is 1.31. The number of aliphatic imine (C=N–C) groups is 1. The smallest absolute Gasteiger partial charge is 0.0904 e. The Balaban J connectivity index is 2.53. The van der Waals surface area contributed by atoms with Gasteiger partial charge in [0, 0.05) is 19.2 Å². The lowest BCUT2D eigenvalue weighted by atomic mass is 10.2. The van der Waals surface area contributed by atoms with E-state index in [-0.39, 0.29) is 0 Å². The summed E-state index contributed by atoms with van der Waals surface area (Å²) in [6.45, 7) is 2.95. The number of thiazole rings is 1. The van der Waals surface area contributed by atoms with E-state index in [1.54, 1.807) is 11.3 Å². The van der Waals surface area contributed by atoms with Crippen molar-refractivity contribution in [1.82, 2.24) is 4.98 Å². The van der Waals surface area contributed by atoms with Crippen LogP contribution in [0.25, 0.3) is 0 Å². The summed E-state index contributed by atoms with van der Waals surface area (Å²) >= 11 is 1.73. The fourth-order valence-electron chi connectivity index (χ4n) is 1.08. The van der Waals surface area contributed by atoms with Crippen LogP contribution in [-0.4, -0.2) is 17.7 Å². The van der Waals surface area contributed by atoms with Crippen LogP contribution >= 0.6 is 11.3 Å². The minimum atomic E-state index is 0.913. The van der Waals surface area contributed by atoms with E-state index >= 15 is 0 Å². The molecule has 2 rings (SSSR count). The topological polar surface area (TPSA) is 25.2 Å². The summed E-state index contributed by atoms with van der Waals surface area (Å²) in [6, 6.07) is 0. The van der Waals surface area contributed by atoms with Crippen molar-refractivity contribution in [2.75, 3.05) is 6.54 Å². The third kappa shape index (κ3) is 0.865. The fourth-order valence-corrected chi connectivity index (χ4v) is 1.95. The Labute approximate surface area is 63.6 Å². The molecule has 0 unspecified atom stereocenters. The summed E-state index contributed by atoms with van der Waals surface area (Å²) in [6.07, 6.45) is 2.96. The molecule has 0 amide bonds. The van der Waals surface area contributed by atoms with Gasteiger partial charge in [-0.2, -0.15) is 0 Å². The monoisotopic (exact) mass is 152 g/mol. The zero-order chi connectivity index (χ0) is 6.97. The summed E-state index contributed by atoms with van der Waals surface area (Å²) in [4.78, 5) is 9.81. The molecular formula is C7H8N2S. The van der Waals surface area contributed by atoms with E-state index in [9.17, 15) is 0 Å². The molecule has 0 aromatic carbocycles. The van der Waals surface area contributed by atoms with Gasteiger partial charge in [-0.3, -0.25) is 4.99 Å². The van der Waals surface area contributed by atoms with Crippen molar-refractivity contribution in [1.29, 1.82) is 0 Å². The van der Waals surface area contributed by atoms with Crippen molar-refractivity contribution in [3.8, 4) is 0 Å². The second-order valence-corrected chi connectivity index (χ2v) is 3.56. The molecule has 0 atom stereocenters. The molecule has 1 aromatic heterocycles. The van der Waals surface area contributed by atoms with E-state index in [4.69, 9.17) is 0 Å². The largest absolute Gasteiger partial charge is 0.291 e. The van der Waals surface area contributed by atoms with Gasteiger partial charge in [0.1, 0.15) is 0 Å². The summed E-state index contributed by atoms with van der Waals surface area (Å²) in [7, 11) is 0. The first-order valence-electron chi connectivity index (χ1n) is 3.32. The van der Waals surface area contributed by atoms with Gasteiger partial charge in [-0.1, -0.05) is 0 Å². The molecule has 0 saturated heterocycles. The molecule has 1 aliphatic heterocycles. The molecule has 0 radical (unpaired) electrons. The number of fused-ring (bicyclic) bond motifs is 1. The molecular weight excluding hydrogens is 144 g/mol. The molecule has 0 aliphatic carbocycles. The first-order chi connectivity index (χ1) is 4.86. The van der Waals surface area contributed by atoms with Crippen molar-refractivity contribution < 1.29 is 0 Å². The van der Waals surface area contributed by atoms with Gasteiger partial charge in [0.25, 0.3) is 0 Å². The average Bonchev–Trinajstić information content (AvgIpc) is 2.27. The van der Waals surface area contributed by atoms with Crippen LogP contribution < -0.4 is 0 Å². The van der Waals surface area contributed by atoms with Crippen LogP contribution in [0.3, 0.4) is 0 Å². The van der Waals surface area contributed by atoms with Crippen LogP contribution in [0.2, 0.25) is 0 Å². The number of hydrogen-bond acceptors (Lipinski definition) is 3. The minimum Gasteiger partial charge on any atom is -0.291 e. The lowest BCUT2D eigenvalue weighted by Gasteiger charge is -1.99. The summed E-state index contributed by atoms with van der Waals surface area (Å²) in [5, 5.41) is 1.15. The predicted octanol–water partition coefficient (Wildman–Crippen LogP) is 1.43. The Morgan fingerprint density at radius 3 is 3.30 bits per heavy atom. The molecule has 3 heteroatoms. The molecule has 2 nitrogen and oxygen atoms in total. The number of aryl methyl sites for hydroxylation is 1. The van der Waals surface area contributed by atoms with Gasteiger partial charge in [0.05, 0.1) is 15.6 Å². The molecule has 0 bridgehead atoms. The van der Waals surface area contributed by atoms with Gasteiger partial charge in [-0.05, 0) is 6.92 Å². The molecule has 2 heterocycles. The van der Waals surface area contributed by atoms with Crippen LogP contribution in [0.15, 0.2) is 4.99 Å². The Morgan fingerprint density at radius 2 is 2.50 bits per heavy atom. The second-order valence-electron chi connectivity index (χ2n) is 2.33. The first kappa shape index (κ1) is 6.04. The third-order valence-corrected chi connectivity index (χ3v) is 2.47. The third-order valence-electron chi connectivity index (χ3n) is 1.52. The van der Waals surface area contributed by atoms with E-state index in [0.29, 0.717) is 0 Å². The maximum atomic E-state index is 4.38. The van der Waals surface area contributed by atoms with Gasteiger partial charge in [-0.15, -0.1) is 11.3 Å². The Bertz CT molecular complexity index is 275. The quantitative estimate of drug-likeness (QED) is 0.552. The first-order valence-corrected chi connectivity index (χ1v) is 4.14. The highest BCUT2D eigenvalue weighted by Crippen LogP contribution is 2.18. The molecule has 0 fully saturated rings. The van der Waals surface area contributed by atoms with Gasteiger partial charge in [-0.25, -0.2) is 4.98 Å². The lowest BCUT2D eigenvalue weighted by molar-refractivity contribution is 0.916. The van der Waals surface area contributed by atoms with Gasteiger partial charge in [0.2, 0.25) is 0 Å². The zero-order valence-corrected chi connectivity index (χ0v) is 6.61. The van der Waals surface area contributed by atoms with E-state index in [1.807, 2.05) is 13.1 Å². The van der Waals surface area contributed by atoms with E-state index in [0.717, 1.165) is 18.0 Å². The Morgan fingerprint density at radius 1 is 1.60 bits per heavy atom. The van der Waals surface area contributed by atoms with Crippen LogP contribution in [0.5, 0.6) is 0 Å². The summed E-state index contributed by atoms with van der Waals surface area (Å²) in [5.41, 5.74) is 1.23. The molecule has 0 N–H and O–H groups in total. The van der Waals surface area contributed by atoms with Crippen LogP contribution in [0.4, 0.5) is 0 Å². The maximum absolute atomic E-state index is 4.38. The predicted molar refractivity (Wildman–Crippen MR) is 43.0 cm³/mol. The molecule has 1 aliphatic rings. The maximum Gasteiger partial charge on any atom is 0.0904 e. The van der Waals surface area contributed by atoms with Crippen molar-refractivity contribution in [3.63, 3.8) is 0 Å². The zero-order valence-electron chi connectivity index (χ0n) is 5.79. The van der Waals surface area contributed by atoms with E-state index < -0.39 is 0 Å². The standard InChI is InChI=1S/C7H8N2S/c1-5-9-6-2-3-8-4-7(6)10-5/h4H,2-3H2,1H3.